The zero-order valence-electron chi connectivity index (χ0n) is 36.7. The van der Waals surface area contributed by atoms with Crippen LogP contribution in [0.4, 0.5) is 0 Å². The minimum Gasteiger partial charge on any atom is -0.308 e. The molecular formula is C64H43N3. The highest BCUT2D eigenvalue weighted by Crippen LogP contribution is 2.46. The molecule has 0 radical (unpaired) electrons. The topological polar surface area (TPSA) is 30.7 Å². The summed E-state index contributed by atoms with van der Waals surface area (Å²) in [5.41, 5.74) is 19.9. The predicted molar refractivity (Wildman–Crippen MR) is 280 cm³/mol. The molecule has 314 valence electrons. The smallest absolute Gasteiger partial charge is 0.160 e. The monoisotopic (exact) mass is 853 g/mol. The zero-order valence-corrected chi connectivity index (χ0v) is 36.7. The minimum absolute atomic E-state index is 0.692. The lowest BCUT2D eigenvalue weighted by Gasteiger charge is -2.16. The normalized spacial score (nSPS) is 11.3. The summed E-state index contributed by atoms with van der Waals surface area (Å²) in [6, 6.07) is 93.2. The molecule has 0 saturated heterocycles. The molecule has 0 bridgehead atoms. The summed E-state index contributed by atoms with van der Waals surface area (Å²) in [6.45, 7) is 0. The van der Waals surface area contributed by atoms with E-state index >= 15 is 0 Å². The van der Waals surface area contributed by atoms with Gasteiger partial charge in [-0.25, -0.2) is 9.97 Å². The number of aromatic nitrogens is 3. The van der Waals surface area contributed by atoms with Gasteiger partial charge in [0.05, 0.1) is 22.4 Å². The number of hydrogen-bond donors (Lipinski definition) is 0. The lowest BCUT2D eigenvalue weighted by molar-refractivity contribution is 1.18. The summed E-state index contributed by atoms with van der Waals surface area (Å²) in [7, 11) is 0. The molecule has 3 heteroatoms. The SMILES string of the molecule is c1ccc(-c2cc(-c3ccccc3)c3c(c2)c2cc(-c4ccccc4)cc(-c4ccccc4)c2n3-c2cccc(-c3ccc(-c4nc(-c5ccccc5)cc(-c5ccccc5)n4)cc3)c2)cc1. The maximum Gasteiger partial charge on any atom is 0.160 e. The molecule has 0 aliphatic rings. The predicted octanol–water partition coefficient (Wildman–Crippen LogP) is 16.9. The van der Waals surface area contributed by atoms with Crippen molar-refractivity contribution in [3.8, 4) is 95.2 Å². The Bertz CT molecular complexity index is 3480. The van der Waals surface area contributed by atoms with Gasteiger partial charge in [0.1, 0.15) is 0 Å². The van der Waals surface area contributed by atoms with Crippen molar-refractivity contribution in [2.45, 2.75) is 0 Å². The lowest BCUT2D eigenvalue weighted by Crippen LogP contribution is -1.98. The van der Waals surface area contributed by atoms with Gasteiger partial charge in [-0.2, -0.15) is 0 Å². The maximum absolute atomic E-state index is 5.11. The molecule has 0 aliphatic carbocycles. The Morgan fingerprint density at radius 3 is 1.03 bits per heavy atom. The molecule has 12 rings (SSSR count). The average molecular weight is 854 g/mol. The highest BCUT2D eigenvalue weighted by molar-refractivity contribution is 6.19. The Labute approximate surface area is 390 Å². The van der Waals surface area contributed by atoms with Gasteiger partial charge in [0.2, 0.25) is 0 Å². The highest BCUT2D eigenvalue weighted by atomic mass is 15.0. The van der Waals surface area contributed by atoms with Crippen LogP contribution in [0.25, 0.3) is 117 Å². The Hall–Kier alpha value is -8.92. The Morgan fingerprint density at radius 1 is 0.239 bits per heavy atom. The van der Waals surface area contributed by atoms with Crippen molar-refractivity contribution in [1.82, 2.24) is 14.5 Å². The number of rotatable bonds is 9. The van der Waals surface area contributed by atoms with Crippen LogP contribution in [0.5, 0.6) is 0 Å². The van der Waals surface area contributed by atoms with Gasteiger partial charge >= 0.3 is 0 Å². The van der Waals surface area contributed by atoms with Crippen LogP contribution >= 0.6 is 0 Å². The van der Waals surface area contributed by atoms with Gasteiger partial charge in [0.15, 0.2) is 5.82 Å². The number of fused-ring (bicyclic) bond motifs is 3. The van der Waals surface area contributed by atoms with E-state index in [1.807, 2.05) is 12.1 Å². The summed E-state index contributed by atoms with van der Waals surface area (Å²) >= 11 is 0. The molecule has 67 heavy (non-hydrogen) atoms. The van der Waals surface area contributed by atoms with Crippen molar-refractivity contribution in [2.75, 3.05) is 0 Å². The molecule has 0 saturated carbocycles. The molecule has 10 aromatic carbocycles. The standard InChI is InChI=1S/C64H43N3/c1-7-20-44(21-8-1)53-39-56(47-24-11-3-12-25-47)62-58(41-53)59-42-54(45-22-9-2-10-23-45)40-57(48-26-13-4-14-27-48)63(59)67(62)55-33-19-32-52(38-55)46-34-36-51(37-35-46)64-65-60(49-28-15-5-16-29-49)43-61(66-64)50-30-17-6-18-31-50/h1-43H. The lowest BCUT2D eigenvalue weighted by atomic mass is 9.93. The van der Waals surface area contributed by atoms with Crippen molar-refractivity contribution in [3.05, 3.63) is 261 Å². The van der Waals surface area contributed by atoms with E-state index in [-0.39, 0.29) is 0 Å². The van der Waals surface area contributed by atoms with Crippen molar-refractivity contribution in [3.63, 3.8) is 0 Å². The second-order valence-corrected chi connectivity index (χ2v) is 17.0. The van der Waals surface area contributed by atoms with E-state index in [1.54, 1.807) is 0 Å². The largest absolute Gasteiger partial charge is 0.308 e. The van der Waals surface area contributed by atoms with E-state index in [4.69, 9.17) is 9.97 Å². The third-order valence-corrected chi connectivity index (χ3v) is 12.8. The molecular weight excluding hydrogens is 811 g/mol. The van der Waals surface area contributed by atoms with E-state index in [9.17, 15) is 0 Å². The number of hydrogen-bond acceptors (Lipinski definition) is 2. The van der Waals surface area contributed by atoms with E-state index in [0.717, 1.165) is 44.9 Å². The molecule has 0 aliphatic heterocycles. The van der Waals surface area contributed by atoms with Gasteiger partial charge < -0.3 is 4.57 Å². The summed E-state index contributed by atoms with van der Waals surface area (Å²) in [5.74, 6) is 0.692. The summed E-state index contributed by atoms with van der Waals surface area (Å²) < 4.78 is 2.52. The molecule has 0 amide bonds. The van der Waals surface area contributed by atoms with E-state index < -0.39 is 0 Å². The van der Waals surface area contributed by atoms with Gasteiger partial charge in [0, 0.05) is 44.3 Å². The first-order valence-corrected chi connectivity index (χ1v) is 22.8. The van der Waals surface area contributed by atoms with Crippen LogP contribution in [0, 0.1) is 0 Å². The first kappa shape index (κ1) is 39.7. The third-order valence-electron chi connectivity index (χ3n) is 12.8. The summed E-state index contributed by atoms with van der Waals surface area (Å²) in [6.07, 6.45) is 0. The van der Waals surface area contributed by atoms with E-state index in [2.05, 4.69) is 253 Å². The van der Waals surface area contributed by atoms with Crippen LogP contribution in [-0.2, 0) is 0 Å². The molecule has 0 atom stereocenters. The fourth-order valence-electron chi connectivity index (χ4n) is 9.53. The van der Waals surface area contributed by atoms with Crippen molar-refractivity contribution in [1.29, 1.82) is 0 Å². The van der Waals surface area contributed by atoms with Gasteiger partial charge in [-0.05, 0) is 87.0 Å². The van der Waals surface area contributed by atoms with Gasteiger partial charge in [-0.1, -0.05) is 218 Å². The Balaban J connectivity index is 1.07. The van der Waals surface area contributed by atoms with Crippen molar-refractivity contribution in [2.24, 2.45) is 0 Å². The van der Waals surface area contributed by atoms with Gasteiger partial charge in [-0.15, -0.1) is 0 Å². The van der Waals surface area contributed by atoms with Gasteiger partial charge in [0.25, 0.3) is 0 Å². The van der Waals surface area contributed by atoms with Crippen LogP contribution < -0.4 is 0 Å². The molecule has 0 fully saturated rings. The van der Waals surface area contributed by atoms with Crippen molar-refractivity contribution >= 4 is 21.8 Å². The number of benzene rings is 10. The fourth-order valence-corrected chi connectivity index (χ4v) is 9.53. The average Bonchev–Trinajstić information content (AvgIpc) is 3.76. The molecule has 12 aromatic rings. The third kappa shape index (κ3) is 7.59. The first-order valence-electron chi connectivity index (χ1n) is 22.8. The Morgan fingerprint density at radius 2 is 0.597 bits per heavy atom. The molecule has 2 heterocycles. The summed E-state index contributed by atoms with van der Waals surface area (Å²) in [5, 5.41) is 2.40. The summed E-state index contributed by atoms with van der Waals surface area (Å²) in [4.78, 5) is 10.2. The second kappa shape index (κ2) is 17.2. The van der Waals surface area contributed by atoms with Crippen LogP contribution in [0.1, 0.15) is 0 Å². The van der Waals surface area contributed by atoms with E-state index in [0.29, 0.717) is 5.82 Å². The molecule has 2 aromatic heterocycles. The highest BCUT2D eigenvalue weighted by Gasteiger charge is 2.23. The molecule has 0 spiro atoms. The van der Waals surface area contributed by atoms with Crippen LogP contribution in [0.15, 0.2) is 261 Å². The van der Waals surface area contributed by atoms with Crippen molar-refractivity contribution < 1.29 is 0 Å². The van der Waals surface area contributed by atoms with E-state index in [1.165, 1.54) is 66.3 Å². The second-order valence-electron chi connectivity index (χ2n) is 17.0. The van der Waals surface area contributed by atoms with Crippen LogP contribution in [0.3, 0.4) is 0 Å². The Kier molecular flexibility index (Phi) is 10.2. The zero-order chi connectivity index (χ0) is 44.5. The molecule has 0 N–H and O–H groups in total. The molecule has 0 unspecified atom stereocenters. The molecule has 3 nitrogen and oxygen atoms in total. The maximum atomic E-state index is 5.11. The number of nitrogens with zero attached hydrogens (tertiary/aromatic N) is 3. The van der Waals surface area contributed by atoms with Gasteiger partial charge in [-0.3, -0.25) is 0 Å². The minimum atomic E-state index is 0.692. The fraction of sp³-hybridized carbons (Fsp3) is 0. The van der Waals surface area contributed by atoms with Crippen LogP contribution in [0.2, 0.25) is 0 Å². The van der Waals surface area contributed by atoms with Crippen LogP contribution in [-0.4, -0.2) is 14.5 Å². The quantitative estimate of drug-likeness (QED) is 0.145. The first-order chi connectivity index (χ1) is 33.2.